The van der Waals surface area contributed by atoms with Gasteiger partial charge in [-0.05, 0) is 6.07 Å². The summed E-state index contributed by atoms with van der Waals surface area (Å²) in [5.41, 5.74) is 1.33. The van der Waals surface area contributed by atoms with Crippen LogP contribution in [0.25, 0.3) is 11.1 Å². The minimum absolute atomic E-state index is 0.533. The van der Waals surface area contributed by atoms with Crippen molar-refractivity contribution < 1.29 is 4.42 Å². The lowest BCUT2D eigenvalue weighted by atomic mass is 10.3. The first-order valence-corrected chi connectivity index (χ1v) is 4.70. The molecule has 2 aromatic rings. The summed E-state index contributed by atoms with van der Waals surface area (Å²) in [5, 5.41) is 1.10. The summed E-state index contributed by atoms with van der Waals surface area (Å²) >= 11 is 11.7. The molecule has 4 heteroatoms. The topological polar surface area (TPSA) is 26.0 Å². The monoisotopic (exact) mass is 215 g/mol. The summed E-state index contributed by atoms with van der Waals surface area (Å²) in [6.07, 6.45) is 0.753. The largest absolute Gasteiger partial charge is 0.441 e. The molecule has 1 aromatic carbocycles. The molecule has 0 aliphatic heterocycles. The molecule has 0 aliphatic carbocycles. The Morgan fingerprint density at radius 2 is 2.15 bits per heavy atom. The van der Waals surface area contributed by atoms with Gasteiger partial charge >= 0.3 is 0 Å². The Morgan fingerprint density at radius 1 is 1.38 bits per heavy atom. The summed E-state index contributed by atoms with van der Waals surface area (Å²) < 4.78 is 5.40. The minimum Gasteiger partial charge on any atom is -0.441 e. The number of benzene rings is 1. The molecule has 2 nitrogen and oxygen atoms in total. The van der Waals surface area contributed by atoms with E-state index in [1.54, 1.807) is 12.1 Å². The fourth-order valence-electron chi connectivity index (χ4n) is 1.15. The first-order valence-electron chi connectivity index (χ1n) is 3.95. The van der Waals surface area contributed by atoms with E-state index in [9.17, 15) is 0 Å². The van der Waals surface area contributed by atoms with Crippen LogP contribution in [0.4, 0.5) is 0 Å². The Morgan fingerprint density at radius 3 is 2.85 bits per heavy atom. The lowest BCUT2D eigenvalue weighted by molar-refractivity contribution is 0.538. The molecule has 0 bridgehead atoms. The van der Waals surface area contributed by atoms with E-state index in [4.69, 9.17) is 27.6 Å². The molecule has 1 heterocycles. The van der Waals surface area contributed by atoms with Gasteiger partial charge in [0, 0.05) is 17.5 Å². The quantitative estimate of drug-likeness (QED) is 0.726. The summed E-state index contributed by atoms with van der Waals surface area (Å²) in [6.45, 7) is 1.97. The third-order valence-corrected chi connectivity index (χ3v) is 2.27. The van der Waals surface area contributed by atoms with Crippen LogP contribution in [-0.2, 0) is 6.42 Å². The van der Waals surface area contributed by atoms with Crippen molar-refractivity contribution in [1.82, 2.24) is 4.98 Å². The van der Waals surface area contributed by atoms with Gasteiger partial charge in [0.25, 0.3) is 0 Å². The number of fused-ring (bicyclic) bond motifs is 1. The van der Waals surface area contributed by atoms with Gasteiger partial charge in [-0.25, -0.2) is 4.98 Å². The lowest BCUT2D eigenvalue weighted by Crippen LogP contribution is -1.76. The number of halogens is 2. The normalized spacial score (nSPS) is 11.0. The van der Waals surface area contributed by atoms with Gasteiger partial charge in [0.1, 0.15) is 5.52 Å². The first kappa shape index (κ1) is 8.85. The van der Waals surface area contributed by atoms with Gasteiger partial charge in [0.15, 0.2) is 11.5 Å². The molecule has 13 heavy (non-hydrogen) atoms. The van der Waals surface area contributed by atoms with Crippen molar-refractivity contribution in [2.45, 2.75) is 13.3 Å². The zero-order valence-electron chi connectivity index (χ0n) is 6.97. The number of aryl methyl sites for hydroxylation is 1. The maximum atomic E-state index is 5.93. The molecule has 1 aromatic heterocycles. The Bertz CT molecular complexity index is 450. The summed E-state index contributed by atoms with van der Waals surface area (Å²) in [4.78, 5) is 4.21. The summed E-state index contributed by atoms with van der Waals surface area (Å²) in [5.74, 6) is 0.680. The highest BCUT2D eigenvalue weighted by Crippen LogP contribution is 2.27. The van der Waals surface area contributed by atoms with Crippen LogP contribution in [-0.4, -0.2) is 4.98 Å². The van der Waals surface area contributed by atoms with Gasteiger partial charge in [0.05, 0.1) is 5.02 Å². The highest BCUT2D eigenvalue weighted by atomic mass is 35.5. The predicted octanol–water partition coefficient (Wildman–Crippen LogP) is 3.70. The SMILES string of the molecule is CCc1nc2c(Cl)cc(Cl)cc2o1. The van der Waals surface area contributed by atoms with Crippen LogP contribution in [0.1, 0.15) is 12.8 Å². The number of aromatic nitrogens is 1. The van der Waals surface area contributed by atoms with Gasteiger partial charge in [-0.15, -0.1) is 0 Å². The summed E-state index contributed by atoms with van der Waals surface area (Å²) in [6, 6.07) is 3.38. The van der Waals surface area contributed by atoms with Crippen LogP contribution in [0, 0.1) is 0 Å². The fraction of sp³-hybridized carbons (Fsp3) is 0.222. The van der Waals surface area contributed by atoms with Crippen molar-refractivity contribution in [3.05, 3.63) is 28.1 Å². The van der Waals surface area contributed by atoms with Crippen LogP contribution in [0.2, 0.25) is 10.0 Å². The van der Waals surface area contributed by atoms with Crippen LogP contribution in [0.5, 0.6) is 0 Å². The van der Waals surface area contributed by atoms with E-state index in [1.165, 1.54) is 0 Å². The van der Waals surface area contributed by atoms with Gasteiger partial charge in [0.2, 0.25) is 0 Å². The standard InChI is InChI=1S/C9H7Cl2NO/c1-2-8-12-9-6(11)3-5(10)4-7(9)13-8/h3-4H,2H2,1H3. The Balaban J connectivity index is 2.75. The van der Waals surface area contributed by atoms with Gasteiger partial charge in [-0.3, -0.25) is 0 Å². The van der Waals surface area contributed by atoms with Crippen LogP contribution in [0.3, 0.4) is 0 Å². The molecule has 2 rings (SSSR count). The average Bonchev–Trinajstić information content (AvgIpc) is 2.47. The summed E-state index contributed by atoms with van der Waals surface area (Å²) in [7, 11) is 0. The number of hydrogen-bond donors (Lipinski definition) is 0. The Kier molecular flexibility index (Phi) is 2.18. The Labute approximate surface area is 85.5 Å². The van der Waals surface area contributed by atoms with Gasteiger partial charge in [-0.1, -0.05) is 30.1 Å². The maximum Gasteiger partial charge on any atom is 0.195 e. The van der Waals surface area contributed by atoms with E-state index >= 15 is 0 Å². The van der Waals surface area contributed by atoms with E-state index < -0.39 is 0 Å². The van der Waals surface area contributed by atoms with E-state index in [1.807, 2.05) is 6.92 Å². The predicted molar refractivity (Wildman–Crippen MR) is 53.4 cm³/mol. The van der Waals surface area contributed by atoms with Gasteiger partial charge < -0.3 is 4.42 Å². The maximum absolute atomic E-state index is 5.93. The third-order valence-electron chi connectivity index (χ3n) is 1.76. The van der Waals surface area contributed by atoms with Crippen LogP contribution >= 0.6 is 23.2 Å². The zero-order valence-corrected chi connectivity index (χ0v) is 8.49. The number of nitrogens with zero attached hydrogens (tertiary/aromatic N) is 1. The molecule has 0 unspecified atom stereocenters. The molecule has 0 fully saturated rings. The number of rotatable bonds is 1. The highest BCUT2D eigenvalue weighted by molar-refractivity contribution is 6.38. The van der Waals surface area contributed by atoms with E-state index in [0.29, 0.717) is 27.0 Å². The second kappa shape index (κ2) is 3.20. The number of oxazole rings is 1. The average molecular weight is 216 g/mol. The molecule has 0 spiro atoms. The zero-order chi connectivity index (χ0) is 9.42. The third kappa shape index (κ3) is 1.52. The smallest absolute Gasteiger partial charge is 0.195 e. The van der Waals surface area contributed by atoms with Crippen molar-refractivity contribution in [1.29, 1.82) is 0 Å². The number of hydrogen-bond acceptors (Lipinski definition) is 2. The molecule has 0 atom stereocenters. The highest BCUT2D eigenvalue weighted by Gasteiger charge is 2.08. The van der Waals surface area contributed by atoms with Crippen molar-refractivity contribution >= 4 is 34.3 Å². The Hall–Kier alpha value is -0.730. The van der Waals surface area contributed by atoms with Crippen molar-refractivity contribution in [3.63, 3.8) is 0 Å². The molecule has 0 radical (unpaired) electrons. The van der Waals surface area contributed by atoms with Crippen LogP contribution < -0.4 is 0 Å². The molecule has 0 amide bonds. The van der Waals surface area contributed by atoms with Crippen molar-refractivity contribution in [2.24, 2.45) is 0 Å². The second-order valence-corrected chi connectivity index (χ2v) is 3.54. The molecule has 68 valence electrons. The fourth-order valence-corrected chi connectivity index (χ4v) is 1.67. The lowest BCUT2D eigenvalue weighted by Gasteiger charge is -1.91. The molecule has 0 saturated carbocycles. The molecular formula is C9H7Cl2NO. The first-order chi connectivity index (χ1) is 6.20. The van der Waals surface area contributed by atoms with E-state index in [-0.39, 0.29) is 0 Å². The molecular weight excluding hydrogens is 209 g/mol. The van der Waals surface area contributed by atoms with Crippen molar-refractivity contribution in [2.75, 3.05) is 0 Å². The second-order valence-electron chi connectivity index (χ2n) is 2.70. The molecule has 0 aliphatic rings. The van der Waals surface area contributed by atoms with Crippen molar-refractivity contribution in [3.8, 4) is 0 Å². The van der Waals surface area contributed by atoms with E-state index in [0.717, 1.165) is 6.42 Å². The van der Waals surface area contributed by atoms with Gasteiger partial charge in [-0.2, -0.15) is 0 Å². The van der Waals surface area contributed by atoms with Crippen LogP contribution in [0.15, 0.2) is 16.5 Å². The minimum atomic E-state index is 0.533. The molecule has 0 N–H and O–H groups in total. The van der Waals surface area contributed by atoms with E-state index in [2.05, 4.69) is 4.98 Å². The molecule has 0 saturated heterocycles.